The Morgan fingerprint density at radius 1 is 1.31 bits per heavy atom. The molecule has 0 fully saturated rings. The smallest absolute Gasteiger partial charge is 0.291 e. The normalized spacial score (nSPS) is 10.1. The molecular formula is C12H10BrNO2. The zero-order chi connectivity index (χ0) is 11.5. The number of aryl methyl sites for hydroxylation is 1. The van der Waals surface area contributed by atoms with Crippen LogP contribution < -0.4 is 5.32 Å². The lowest BCUT2D eigenvalue weighted by molar-refractivity contribution is 0.0996. The standard InChI is InChI=1S/C12H10BrNO2/c1-8-6-7-16-11(8)12(15)14-10-5-3-2-4-9(10)13/h2-7H,1H3,(H,14,15). The van der Waals surface area contributed by atoms with Gasteiger partial charge in [0.1, 0.15) is 0 Å². The Bertz CT molecular complexity index is 519. The van der Waals surface area contributed by atoms with Crippen molar-refractivity contribution in [2.24, 2.45) is 0 Å². The molecule has 3 nitrogen and oxygen atoms in total. The van der Waals surface area contributed by atoms with Crippen molar-refractivity contribution in [1.29, 1.82) is 0 Å². The van der Waals surface area contributed by atoms with Gasteiger partial charge in [-0.15, -0.1) is 0 Å². The summed E-state index contributed by atoms with van der Waals surface area (Å²) in [4.78, 5) is 11.8. The first-order chi connectivity index (χ1) is 7.68. The Kier molecular flexibility index (Phi) is 3.10. The zero-order valence-corrected chi connectivity index (χ0v) is 10.2. The second-order valence-electron chi connectivity index (χ2n) is 3.37. The summed E-state index contributed by atoms with van der Waals surface area (Å²) in [6.45, 7) is 1.83. The lowest BCUT2D eigenvalue weighted by Gasteiger charge is -2.05. The largest absolute Gasteiger partial charge is 0.459 e. The number of hydrogen-bond acceptors (Lipinski definition) is 2. The third-order valence-corrected chi connectivity index (χ3v) is 2.88. The van der Waals surface area contributed by atoms with Crippen LogP contribution in [0.15, 0.2) is 45.5 Å². The number of anilines is 1. The number of nitrogens with one attached hydrogen (secondary N) is 1. The van der Waals surface area contributed by atoms with Gasteiger partial charge in [-0.05, 0) is 41.1 Å². The van der Waals surface area contributed by atoms with Gasteiger partial charge in [-0.25, -0.2) is 0 Å². The van der Waals surface area contributed by atoms with E-state index >= 15 is 0 Å². The maximum absolute atomic E-state index is 11.8. The second-order valence-corrected chi connectivity index (χ2v) is 4.22. The molecule has 1 heterocycles. The minimum atomic E-state index is -0.241. The number of halogens is 1. The average molecular weight is 280 g/mol. The Morgan fingerprint density at radius 3 is 2.69 bits per heavy atom. The molecule has 82 valence electrons. The van der Waals surface area contributed by atoms with Crippen molar-refractivity contribution < 1.29 is 9.21 Å². The molecule has 16 heavy (non-hydrogen) atoms. The molecule has 1 aromatic carbocycles. The van der Waals surface area contributed by atoms with E-state index in [1.54, 1.807) is 6.07 Å². The Hall–Kier alpha value is -1.55. The van der Waals surface area contributed by atoms with E-state index in [1.165, 1.54) is 6.26 Å². The van der Waals surface area contributed by atoms with Crippen LogP contribution >= 0.6 is 15.9 Å². The molecule has 2 rings (SSSR count). The topological polar surface area (TPSA) is 42.2 Å². The molecule has 0 atom stereocenters. The molecule has 4 heteroatoms. The van der Waals surface area contributed by atoms with Gasteiger partial charge in [0.05, 0.1) is 12.0 Å². The lowest BCUT2D eigenvalue weighted by atomic mass is 10.2. The Labute approximate surface area is 102 Å². The quantitative estimate of drug-likeness (QED) is 0.913. The van der Waals surface area contributed by atoms with Crippen molar-refractivity contribution in [2.45, 2.75) is 6.92 Å². The van der Waals surface area contributed by atoms with Gasteiger partial charge < -0.3 is 9.73 Å². The van der Waals surface area contributed by atoms with Crippen LogP contribution in [0.25, 0.3) is 0 Å². The highest BCUT2D eigenvalue weighted by molar-refractivity contribution is 9.10. The van der Waals surface area contributed by atoms with Crippen LogP contribution in [-0.2, 0) is 0 Å². The molecule has 1 aromatic heterocycles. The van der Waals surface area contributed by atoms with E-state index in [0.717, 1.165) is 15.7 Å². The van der Waals surface area contributed by atoms with Crippen LogP contribution in [0.4, 0.5) is 5.69 Å². The molecule has 0 radical (unpaired) electrons. The average Bonchev–Trinajstić information content (AvgIpc) is 2.68. The van der Waals surface area contributed by atoms with Gasteiger partial charge in [0.2, 0.25) is 0 Å². The van der Waals surface area contributed by atoms with Gasteiger partial charge in [-0.2, -0.15) is 0 Å². The van der Waals surface area contributed by atoms with Gasteiger partial charge in [0.25, 0.3) is 5.91 Å². The second kappa shape index (κ2) is 4.53. The summed E-state index contributed by atoms with van der Waals surface area (Å²) >= 11 is 3.36. The van der Waals surface area contributed by atoms with E-state index in [4.69, 9.17) is 4.42 Å². The molecule has 1 N–H and O–H groups in total. The van der Waals surface area contributed by atoms with Gasteiger partial charge in [-0.3, -0.25) is 4.79 Å². The molecule has 0 unspecified atom stereocenters. The molecular weight excluding hydrogens is 270 g/mol. The van der Waals surface area contributed by atoms with Gasteiger partial charge in [0, 0.05) is 10.0 Å². The summed E-state index contributed by atoms with van der Waals surface area (Å²) in [5, 5.41) is 2.77. The number of amides is 1. The highest BCUT2D eigenvalue weighted by Crippen LogP contribution is 2.22. The molecule has 0 aliphatic rings. The summed E-state index contributed by atoms with van der Waals surface area (Å²) in [6.07, 6.45) is 1.50. The molecule has 1 amide bonds. The van der Waals surface area contributed by atoms with E-state index in [1.807, 2.05) is 31.2 Å². The van der Waals surface area contributed by atoms with Crippen LogP contribution in [0, 0.1) is 6.92 Å². The van der Waals surface area contributed by atoms with Crippen molar-refractivity contribution in [1.82, 2.24) is 0 Å². The summed E-state index contributed by atoms with van der Waals surface area (Å²) < 4.78 is 5.95. The van der Waals surface area contributed by atoms with Gasteiger partial charge in [-0.1, -0.05) is 12.1 Å². The summed E-state index contributed by atoms with van der Waals surface area (Å²) in [5.41, 5.74) is 1.55. The minimum absolute atomic E-state index is 0.241. The first kappa shape index (κ1) is 11.0. The van der Waals surface area contributed by atoms with Crippen LogP contribution in [0.2, 0.25) is 0 Å². The van der Waals surface area contributed by atoms with E-state index in [9.17, 15) is 4.79 Å². The maximum atomic E-state index is 11.8. The number of carbonyl (C=O) groups excluding carboxylic acids is 1. The van der Waals surface area contributed by atoms with Crippen LogP contribution in [-0.4, -0.2) is 5.91 Å². The number of carbonyl (C=O) groups is 1. The highest BCUT2D eigenvalue weighted by atomic mass is 79.9. The predicted octanol–water partition coefficient (Wildman–Crippen LogP) is 3.60. The van der Waals surface area contributed by atoms with Crippen LogP contribution in [0.1, 0.15) is 16.1 Å². The number of para-hydroxylation sites is 1. The molecule has 0 aliphatic carbocycles. The molecule has 0 saturated carbocycles. The molecule has 0 saturated heterocycles. The van der Waals surface area contributed by atoms with E-state index in [-0.39, 0.29) is 5.91 Å². The fourth-order valence-electron chi connectivity index (χ4n) is 1.35. The fraction of sp³-hybridized carbons (Fsp3) is 0.0833. The van der Waals surface area contributed by atoms with E-state index in [0.29, 0.717) is 5.76 Å². The molecule has 0 spiro atoms. The summed E-state index contributed by atoms with van der Waals surface area (Å²) in [5.74, 6) is 0.102. The van der Waals surface area contributed by atoms with Crippen molar-refractivity contribution in [2.75, 3.05) is 5.32 Å². The number of benzene rings is 1. The lowest BCUT2D eigenvalue weighted by Crippen LogP contribution is -2.12. The minimum Gasteiger partial charge on any atom is -0.459 e. The fourth-order valence-corrected chi connectivity index (χ4v) is 1.73. The number of rotatable bonds is 2. The monoisotopic (exact) mass is 279 g/mol. The van der Waals surface area contributed by atoms with Crippen LogP contribution in [0.5, 0.6) is 0 Å². The number of hydrogen-bond donors (Lipinski definition) is 1. The SMILES string of the molecule is Cc1ccoc1C(=O)Nc1ccccc1Br. The van der Waals surface area contributed by atoms with Crippen molar-refractivity contribution in [3.05, 3.63) is 52.4 Å². The molecule has 0 aliphatic heterocycles. The molecule has 0 bridgehead atoms. The third-order valence-electron chi connectivity index (χ3n) is 2.19. The van der Waals surface area contributed by atoms with Crippen LogP contribution in [0.3, 0.4) is 0 Å². The Morgan fingerprint density at radius 2 is 2.06 bits per heavy atom. The highest BCUT2D eigenvalue weighted by Gasteiger charge is 2.13. The van der Waals surface area contributed by atoms with E-state index < -0.39 is 0 Å². The summed E-state index contributed by atoms with van der Waals surface area (Å²) in [6, 6.07) is 9.19. The van der Waals surface area contributed by atoms with Gasteiger partial charge in [0.15, 0.2) is 5.76 Å². The Balaban J connectivity index is 2.21. The zero-order valence-electron chi connectivity index (χ0n) is 8.66. The maximum Gasteiger partial charge on any atom is 0.291 e. The number of furan rings is 1. The van der Waals surface area contributed by atoms with Crippen molar-refractivity contribution >= 4 is 27.5 Å². The first-order valence-corrected chi connectivity index (χ1v) is 5.58. The molecule has 2 aromatic rings. The van der Waals surface area contributed by atoms with Crippen molar-refractivity contribution in [3.63, 3.8) is 0 Å². The van der Waals surface area contributed by atoms with E-state index in [2.05, 4.69) is 21.2 Å². The third kappa shape index (κ3) is 2.17. The predicted molar refractivity (Wildman–Crippen MR) is 65.5 cm³/mol. The van der Waals surface area contributed by atoms with Crippen molar-refractivity contribution in [3.8, 4) is 0 Å². The summed E-state index contributed by atoms with van der Waals surface area (Å²) in [7, 11) is 0. The first-order valence-electron chi connectivity index (χ1n) is 4.78. The van der Waals surface area contributed by atoms with Gasteiger partial charge >= 0.3 is 0 Å².